The molecule has 0 radical (unpaired) electrons. The number of para-hydroxylation sites is 1. The van der Waals surface area contributed by atoms with E-state index in [0.29, 0.717) is 12.2 Å². The number of benzene rings is 2. The Morgan fingerprint density at radius 2 is 1.93 bits per heavy atom. The number of aromatic nitrogens is 2. The molecule has 30 heavy (non-hydrogen) atoms. The van der Waals surface area contributed by atoms with E-state index < -0.39 is 0 Å². The number of quaternary nitrogens is 1. The fourth-order valence-corrected chi connectivity index (χ4v) is 3.59. The van der Waals surface area contributed by atoms with Gasteiger partial charge in [0, 0.05) is 5.56 Å². The number of morpholine rings is 1. The molecule has 0 spiro atoms. The molecule has 2 N–H and O–H groups in total. The lowest BCUT2D eigenvalue weighted by Crippen LogP contribution is -3.14. The normalized spacial score (nSPS) is 14.4. The summed E-state index contributed by atoms with van der Waals surface area (Å²) in [5.41, 5.74) is 2.98. The van der Waals surface area contributed by atoms with Gasteiger partial charge in [0.2, 0.25) is 0 Å². The Hall–Kier alpha value is -3.16. The zero-order valence-electron chi connectivity index (χ0n) is 17.1. The van der Waals surface area contributed by atoms with Gasteiger partial charge in [-0.3, -0.25) is 4.79 Å². The minimum absolute atomic E-state index is 0.131. The van der Waals surface area contributed by atoms with Crippen LogP contribution in [0.15, 0.2) is 60.7 Å². The van der Waals surface area contributed by atoms with Crippen LogP contribution < -0.4 is 15.0 Å². The summed E-state index contributed by atoms with van der Waals surface area (Å²) >= 11 is 0. The van der Waals surface area contributed by atoms with Crippen molar-refractivity contribution in [2.45, 2.75) is 0 Å². The van der Waals surface area contributed by atoms with E-state index in [-0.39, 0.29) is 5.91 Å². The number of hydrogen-bond acceptors (Lipinski definition) is 4. The van der Waals surface area contributed by atoms with E-state index in [1.54, 1.807) is 11.8 Å². The van der Waals surface area contributed by atoms with Crippen molar-refractivity contribution < 1.29 is 19.2 Å². The van der Waals surface area contributed by atoms with E-state index in [1.807, 2.05) is 60.7 Å². The monoisotopic (exact) mass is 407 g/mol. The summed E-state index contributed by atoms with van der Waals surface area (Å²) < 4.78 is 12.4. The Morgan fingerprint density at radius 3 is 2.70 bits per heavy atom. The van der Waals surface area contributed by atoms with Crippen molar-refractivity contribution in [1.29, 1.82) is 0 Å². The van der Waals surface area contributed by atoms with Gasteiger partial charge < -0.3 is 19.7 Å². The van der Waals surface area contributed by atoms with Crippen LogP contribution in [0.25, 0.3) is 16.9 Å². The first-order valence-corrected chi connectivity index (χ1v) is 10.2. The SMILES string of the molecule is COc1cccc(-c2cc(C(=O)NCC[NH+]3CCOCC3)n(-c3ccccc3)n2)c1. The summed E-state index contributed by atoms with van der Waals surface area (Å²) in [5.74, 6) is 0.620. The van der Waals surface area contributed by atoms with Gasteiger partial charge in [0.15, 0.2) is 0 Å². The van der Waals surface area contributed by atoms with Gasteiger partial charge in [0.05, 0.1) is 44.8 Å². The van der Waals surface area contributed by atoms with Crippen LogP contribution in [0.1, 0.15) is 10.5 Å². The van der Waals surface area contributed by atoms with Gasteiger partial charge in [0.1, 0.15) is 24.5 Å². The van der Waals surface area contributed by atoms with E-state index in [0.717, 1.165) is 55.5 Å². The fraction of sp³-hybridized carbons (Fsp3) is 0.304. The Balaban J connectivity index is 1.57. The summed E-state index contributed by atoms with van der Waals surface area (Å²) in [5, 5.41) is 7.78. The third-order valence-corrected chi connectivity index (χ3v) is 5.27. The van der Waals surface area contributed by atoms with Gasteiger partial charge in [-0.25, -0.2) is 4.68 Å². The van der Waals surface area contributed by atoms with Gasteiger partial charge in [-0.05, 0) is 30.3 Å². The van der Waals surface area contributed by atoms with E-state index >= 15 is 0 Å². The Labute approximate surface area is 176 Å². The fourth-order valence-electron chi connectivity index (χ4n) is 3.59. The minimum Gasteiger partial charge on any atom is -0.497 e. The Bertz CT molecular complexity index is 981. The van der Waals surface area contributed by atoms with E-state index in [2.05, 4.69) is 5.32 Å². The lowest BCUT2D eigenvalue weighted by atomic mass is 10.1. The third kappa shape index (κ3) is 4.69. The minimum atomic E-state index is -0.131. The number of nitrogens with one attached hydrogen (secondary N) is 2. The molecule has 0 aliphatic carbocycles. The van der Waals surface area contributed by atoms with Crippen LogP contribution in [0.3, 0.4) is 0 Å². The lowest BCUT2D eigenvalue weighted by Gasteiger charge is -2.23. The molecule has 1 aliphatic heterocycles. The van der Waals surface area contributed by atoms with Crippen LogP contribution >= 0.6 is 0 Å². The molecule has 0 saturated carbocycles. The number of carbonyl (C=O) groups excluding carboxylic acids is 1. The van der Waals surface area contributed by atoms with Gasteiger partial charge in [-0.2, -0.15) is 5.10 Å². The van der Waals surface area contributed by atoms with Crippen LogP contribution in [-0.2, 0) is 4.74 Å². The molecule has 0 unspecified atom stereocenters. The van der Waals surface area contributed by atoms with E-state index in [1.165, 1.54) is 4.90 Å². The zero-order valence-corrected chi connectivity index (χ0v) is 17.1. The first kappa shape index (κ1) is 20.1. The highest BCUT2D eigenvalue weighted by Gasteiger charge is 2.19. The Kier molecular flexibility index (Phi) is 6.41. The smallest absolute Gasteiger partial charge is 0.270 e. The van der Waals surface area contributed by atoms with Gasteiger partial charge in [-0.1, -0.05) is 30.3 Å². The van der Waals surface area contributed by atoms with Crippen molar-refractivity contribution in [3.63, 3.8) is 0 Å². The average molecular weight is 407 g/mol. The summed E-state index contributed by atoms with van der Waals surface area (Å²) in [4.78, 5) is 14.5. The number of ether oxygens (including phenoxy) is 2. The lowest BCUT2D eigenvalue weighted by molar-refractivity contribution is -0.906. The summed E-state index contributed by atoms with van der Waals surface area (Å²) in [6.45, 7) is 5.04. The van der Waals surface area contributed by atoms with Crippen molar-refractivity contribution in [3.8, 4) is 22.7 Å². The maximum Gasteiger partial charge on any atom is 0.270 e. The molecule has 4 rings (SSSR count). The number of amides is 1. The number of rotatable bonds is 7. The van der Waals surface area contributed by atoms with Crippen LogP contribution in [0.4, 0.5) is 0 Å². The highest BCUT2D eigenvalue weighted by molar-refractivity contribution is 5.94. The predicted octanol–water partition coefficient (Wildman–Crippen LogP) is 1.19. The second kappa shape index (κ2) is 9.56. The molecule has 0 bridgehead atoms. The molecular formula is C23H27N4O3+. The zero-order chi connectivity index (χ0) is 20.8. The van der Waals surface area contributed by atoms with Crippen LogP contribution in [-0.4, -0.2) is 62.2 Å². The number of carbonyl (C=O) groups is 1. The number of nitrogens with zero attached hydrogens (tertiary/aromatic N) is 2. The number of hydrogen-bond donors (Lipinski definition) is 2. The molecule has 7 nitrogen and oxygen atoms in total. The van der Waals surface area contributed by atoms with Crippen molar-refractivity contribution in [2.24, 2.45) is 0 Å². The molecule has 2 heterocycles. The van der Waals surface area contributed by atoms with Gasteiger partial charge >= 0.3 is 0 Å². The second-order valence-corrected chi connectivity index (χ2v) is 7.26. The molecule has 1 aliphatic rings. The maximum atomic E-state index is 13.0. The third-order valence-electron chi connectivity index (χ3n) is 5.27. The highest BCUT2D eigenvalue weighted by atomic mass is 16.5. The highest BCUT2D eigenvalue weighted by Crippen LogP contribution is 2.25. The van der Waals surface area contributed by atoms with Crippen LogP contribution in [0.5, 0.6) is 5.75 Å². The van der Waals surface area contributed by atoms with Crippen molar-refractivity contribution in [3.05, 3.63) is 66.4 Å². The van der Waals surface area contributed by atoms with Crippen molar-refractivity contribution in [2.75, 3.05) is 46.5 Å². The maximum absolute atomic E-state index is 13.0. The molecule has 1 aromatic heterocycles. The number of methoxy groups -OCH3 is 1. The van der Waals surface area contributed by atoms with E-state index in [4.69, 9.17) is 14.6 Å². The topological polar surface area (TPSA) is 69.8 Å². The largest absolute Gasteiger partial charge is 0.497 e. The Morgan fingerprint density at radius 1 is 1.13 bits per heavy atom. The molecule has 1 amide bonds. The molecular weight excluding hydrogens is 380 g/mol. The average Bonchev–Trinajstić information content (AvgIpc) is 3.26. The van der Waals surface area contributed by atoms with Crippen molar-refractivity contribution >= 4 is 5.91 Å². The quantitative estimate of drug-likeness (QED) is 0.617. The molecule has 1 saturated heterocycles. The van der Waals surface area contributed by atoms with Gasteiger partial charge in [-0.15, -0.1) is 0 Å². The molecule has 7 heteroatoms. The second-order valence-electron chi connectivity index (χ2n) is 7.26. The summed E-state index contributed by atoms with van der Waals surface area (Å²) in [6, 6.07) is 19.2. The van der Waals surface area contributed by atoms with Crippen molar-refractivity contribution in [1.82, 2.24) is 15.1 Å². The van der Waals surface area contributed by atoms with Crippen LogP contribution in [0, 0.1) is 0 Å². The summed E-state index contributed by atoms with van der Waals surface area (Å²) in [7, 11) is 1.64. The molecule has 1 fully saturated rings. The van der Waals surface area contributed by atoms with E-state index in [9.17, 15) is 4.79 Å². The van der Waals surface area contributed by atoms with Gasteiger partial charge in [0.25, 0.3) is 5.91 Å². The first-order chi connectivity index (χ1) is 14.7. The summed E-state index contributed by atoms with van der Waals surface area (Å²) in [6.07, 6.45) is 0. The molecule has 0 atom stereocenters. The molecule has 156 valence electrons. The standard InChI is InChI=1S/C23H26N4O3/c1-29-20-9-5-6-18(16-20)21-17-22(27(25-21)19-7-3-2-4-8-19)23(28)24-10-11-26-12-14-30-15-13-26/h2-9,16-17H,10-15H2,1H3,(H,24,28)/p+1. The predicted molar refractivity (Wildman–Crippen MR) is 114 cm³/mol. The van der Waals surface area contributed by atoms with Crippen LogP contribution in [0.2, 0.25) is 0 Å². The molecule has 2 aromatic carbocycles. The molecule has 3 aromatic rings. The first-order valence-electron chi connectivity index (χ1n) is 10.2.